The quantitative estimate of drug-likeness (QED) is 0.628. The second-order valence-electron chi connectivity index (χ2n) is 4.89. The van der Waals surface area contributed by atoms with Crippen molar-refractivity contribution in [3.05, 3.63) is 0 Å². The molecule has 0 bridgehead atoms. The van der Waals surface area contributed by atoms with Gasteiger partial charge in [0.15, 0.2) is 0 Å². The van der Waals surface area contributed by atoms with Gasteiger partial charge in [0.25, 0.3) is 0 Å². The van der Waals surface area contributed by atoms with Crippen LogP contribution >= 0.6 is 0 Å². The Labute approximate surface area is 108 Å². The Balaban J connectivity index is 2.48. The van der Waals surface area contributed by atoms with E-state index in [-0.39, 0.29) is 30.9 Å². The molecule has 1 heterocycles. The lowest BCUT2D eigenvalue weighted by Crippen LogP contribution is -2.50. The van der Waals surface area contributed by atoms with Crippen LogP contribution in [0.1, 0.15) is 6.92 Å². The minimum absolute atomic E-state index is 0.0711. The van der Waals surface area contributed by atoms with Crippen molar-refractivity contribution in [2.75, 3.05) is 39.6 Å². The van der Waals surface area contributed by atoms with Gasteiger partial charge in [-0.25, -0.2) is 12.7 Å². The van der Waals surface area contributed by atoms with E-state index in [2.05, 4.69) is 5.32 Å². The highest BCUT2D eigenvalue weighted by Crippen LogP contribution is 2.26. The molecule has 2 unspecified atom stereocenters. The molecule has 106 valence electrons. The monoisotopic (exact) mass is 279 g/mol. The van der Waals surface area contributed by atoms with Crippen LogP contribution in [0.4, 0.5) is 0 Å². The smallest absolute Gasteiger partial charge is 0.229 e. The van der Waals surface area contributed by atoms with Gasteiger partial charge < -0.3 is 15.8 Å². The van der Waals surface area contributed by atoms with Crippen molar-refractivity contribution in [3.63, 3.8) is 0 Å². The molecule has 1 saturated heterocycles. The molecule has 0 aromatic heterocycles. The Hall–Kier alpha value is -0.700. The number of carbonyl (C=O) groups excluding carboxylic acids is 1. The van der Waals surface area contributed by atoms with Crippen LogP contribution in [-0.4, -0.2) is 64.3 Å². The first-order valence-electron chi connectivity index (χ1n) is 5.72. The van der Waals surface area contributed by atoms with E-state index in [9.17, 15) is 13.2 Å². The topological polar surface area (TPSA) is 102 Å². The Bertz CT molecular complexity index is 409. The number of carbonyl (C=O) groups is 1. The first kappa shape index (κ1) is 15.4. The fraction of sp³-hybridized carbons (Fsp3) is 0.900. The van der Waals surface area contributed by atoms with Gasteiger partial charge in [-0.15, -0.1) is 0 Å². The average molecular weight is 279 g/mol. The standard InChI is InChI=1S/C10H21N3O4S/c1-10(7-17-6-8(10)11)9(14)12-4-5-18(15,16)13(2)3/h8H,4-7,11H2,1-3H3,(H,12,14). The zero-order chi connectivity index (χ0) is 14.0. The lowest BCUT2D eigenvalue weighted by molar-refractivity contribution is -0.130. The fourth-order valence-corrected chi connectivity index (χ4v) is 2.33. The third-order valence-corrected chi connectivity index (χ3v) is 5.07. The van der Waals surface area contributed by atoms with E-state index in [1.54, 1.807) is 6.92 Å². The van der Waals surface area contributed by atoms with E-state index < -0.39 is 15.4 Å². The van der Waals surface area contributed by atoms with E-state index in [1.807, 2.05) is 0 Å². The molecular formula is C10H21N3O4S. The van der Waals surface area contributed by atoms with Gasteiger partial charge in [-0.2, -0.15) is 0 Å². The van der Waals surface area contributed by atoms with Crippen LogP contribution in [0.5, 0.6) is 0 Å². The molecule has 1 aliphatic heterocycles. The van der Waals surface area contributed by atoms with Crippen molar-refractivity contribution in [2.45, 2.75) is 13.0 Å². The van der Waals surface area contributed by atoms with E-state index in [1.165, 1.54) is 14.1 Å². The summed E-state index contributed by atoms with van der Waals surface area (Å²) in [6, 6.07) is -0.358. The lowest BCUT2D eigenvalue weighted by atomic mass is 9.85. The van der Waals surface area contributed by atoms with Crippen molar-refractivity contribution in [3.8, 4) is 0 Å². The largest absolute Gasteiger partial charge is 0.379 e. The normalized spacial score (nSPS) is 28.6. The maximum absolute atomic E-state index is 12.0. The molecule has 1 aliphatic rings. The van der Waals surface area contributed by atoms with Crippen LogP contribution in [0.3, 0.4) is 0 Å². The van der Waals surface area contributed by atoms with Gasteiger partial charge in [-0.1, -0.05) is 0 Å². The Kier molecular flexibility index (Phi) is 4.71. The number of hydrogen-bond donors (Lipinski definition) is 2. The third-order valence-electron chi connectivity index (χ3n) is 3.24. The highest BCUT2D eigenvalue weighted by Gasteiger charge is 2.44. The fourth-order valence-electron chi connectivity index (χ4n) is 1.60. The predicted molar refractivity (Wildman–Crippen MR) is 67.4 cm³/mol. The lowest BCUT2D eigenvalue weighted by Gasteiger charge is -2.25. The zero-order valence-electron chi connectivity index (χ0n) is 11.0. The van der Waals surface area contributed by atoms with Crippen LogP contribution in [-0.2, 0) is 19.6 Å². The highest BCUT2D eigenvalue weighted by molar-refractivity contribution is 7.89. The molecule has 0 spiro atoms. The number of nitrogens with two attached hydrogens (primary N) is 1. The molecule has 0 radical (unpaired) electrons. The molecule has 18 heavy (non-hydrogen) atoms. The summed E-state index contributed by atoms with van der Waals surface area (Å²) >= 11 is 0. The van der Waals surface area contributed by atoms with E-state index in [0.717, 1.165) is 4.31 Å². The molecule has 1 rings (SSSR count). The van der Waals surface area contributed by atoms with Crippen LogP contribution in [0.25, 0.3) is 0 Å². The summed E-state index contributed by atoms with van der Waals surface area (Å²) < 4.78 is 29.3. The van der Waals surface area contributed by atoms with Crippen molar-refractivity contribution in [1.82, 2.24) is 9.62 Å². The summed E-state index contributed by atoms with van der Waals surface area (Å²) in [4.78, 5) is 12.0. The second-order valence-corrected chi connectivity index (χ2v) is 7.20. The Morgan fingerprint density at radius 2 is 2.17 bits per heavy atom. The molecule has 0 aliphatic carbocycles. The summed E-state index contributed by atoms with van der Waals surface area (Å²) in [7, 11) is -0.380. The van der Waals surface area contributed by atoms with Crippen LogP contribution < -0.4 is 11.1 Å². The second kappa shape index (κ2) is 5.52. The molecule has 8 heteroatoms. The molecule has 1 amide bonds. The highest BCUT2D eigenvalue weighted by atomic mass is 32.2. The van der Waals surface area contributed by atoms with Gasteiger partial charge in [-0.05, 0) is 6.92 Å². The SMILES string of the molecule is CN(C)S(=O)(=O)CCNC(=O)C1(C)COCC1N. The number of hydrogen-bond acceptors (Lipinski definition) is 5. The summed E-state index contributed by atoms with van der Waals surface area (Å²) in [6.07, 6.45) is 0. The summed E-state index contributed by atoms with van der Waals surface area (Å²) in [5.41, 5.74) is 5.03. The predicted octanol–water partition coefficient (Wildman–Crippen LogP) is -1.64. The maximum Gasteiger partial charge on any atom is 0.229 e. The molecule has 0 aromatic rings. The first-order chi connectivity index (χ1) is 8.20. The number of nitrogens with zero attached hydrogens (tertiary/aromatic N) is 1. The molecule has 1 fully saturated rings. The number of amides is 1. The van der Waals surface area contributed by atoms with Crippen LogP contribution in [0, 0.1) is 5.41 Å². The minimum Gasteiger partial charge on any atom is -0.379 e. The number of sulfonamides is 1. The van der Waals surface area contributed by atoms with E-state index in [4.69, 9.17) is 10.5 Å². The number of nitrogens with one attached hydrogen (secondary N) is 1. The van der Waals surface area contributed by atoms with Crippen molar-refractivity contribution >= 4 is 15.9 Å². The van der Waals surface area contributed by atoms with Crippen molar-refractivity contribution in [2.24, 2.45) is 11.1 Å². The minimum atomic E-state index is -3.29. The van der Waals surface area contributed by atoms with Gasteiger partial charge >= 0.3 is 0 Å². The third kappa shape index (κ3) is 3.19. The number of ether oxygens (including phenoxy) is 1. The molecule has 2 atom stereocenters. The van der Waals surface area contributed by atoms with E-state index in [0.29, 0.717) is 6.61 Å². The van der Waals surface area contributed by atoms with E-state index >= 15 is 0 Å². The Morgan fingerprint density at radius 1 is 1.56 bits per heavy atom. The van der Waals surface area contributed by atoms with Gasteiger partial charge in [-0.3, -0.25) is 4.79 Å². The molecule has 3 N–H and O–H groups in total. The molecule has 7 nitrogen and oxygen atoms in total. The molecular weight excluding hydrogens is 258 g/mol. The van der Waals surface area contributed by atoms with Gasteiger partial charge in [0.2, 0.25) is 15.9 Å². The maximum atomic E-state index is 12.0. The zero-order valence-corrected chi connectivity index (χ0v) is 11.8. The van der Waals surface area contributed by atoms with Gasteiger partial charge in [0.1, 0.15) is 0 Å². The number of rotatable bonds is 5. The summed E-state index contributed by atoms with van der Waals surface area (Å²) in [6.45, 7) is 2.41. The van der Waals surface area contributed by atoms with Crippen molar-refractivity contribution in [1.29, 1.82) is 0 Å². The van der Waals surface area contributed by atoms with Crippen LogP contribution in [0.15, 0.2) is 0 Å². The molecule has 0 aromatic carbocycles. The van der Waals surface area contributed by atoms with Gasteiger partial charge in [0, 0.05) is 26.7 Å². The average Bonchev–Trinajstić information content (AvgIpc) is 2.60. The molecule has 0 saturated carbocycles. The van der Waals surface area contributed by atoms with Crippen molar-refractivity contribution < 1.29 is 17.9 Å². The first-order valence-corrected chi connectivity index (χ1v) is 7.33. The van der Waals surface area contributed by atoms with Crippen LogP contribution in [0.2, 0.25) is 0 Å². The summed E-state index contributed by atoms with van der Waals surface area (Å²) in [5.74, 6) is -0.390. The van der Waals surface area contributed by atoms with Gasteiger partial charge in [0.05, 0.1) is 24.4 Å². The summed E-state index contributed by atoms with van der Waals surface area (Å²) in [5, 5.41) is 2.60. The Morgan fingerprint density at radius 3 is 2.61 bits per heavy atom.